The minimum atomic E-state index is -1.10. The highest BCUT2D eigenvalue weighted by molar-refractivity contribution is 5.79. The van der Waals surface area contributed by atoms with Crippen LogP contribution >= 0.6 is 0 Å². The molecule has 0 atom stereocenters. The number of aliphatic carboxylic acids is 1. The van der Waals surface area contributed by atoms with Crippen LogP contribution in [0.4, 0.5) is 4.79 Å². The van der Waals surface area contributed by atoms with Crippen molar-refractivity contribution in [1.29, 1.82) is 0 Å². The summed E-state index contributed by atoms with van der Waals surface area (Å²) in [5.41, 5.74) is 0.758. The molecule has 1 aromatic carbocycles. The first-order chi connectivity index (χ1) is 9.06. The molecule has 3 N–H and O–H groups in total. The van der Waals surface area contributed by atoms with Gasteiger partial charge in [-0.05, 0) is 12.1 Å². The number of amides is 2. The van der Waals surface area contributed by atoms with E-state index in [1.807, 2.05) is 0 Å². The van der Waals surface area contributed by atoms with Gasteiger partial charge in [-0.15, -0.1) is 0 Å². The summed E-state index contributed by atoms with van der Waals surface area (Å²) in [6.45, 7) is -0.204. The van der Waals surface area contributed by atoms with Crippen LogP contribution in [-0.4, -0.2) is 37.9 Å². The Kier molecular flexibility index (Phi) is 5.46. The predicted molar refractivity (Wildman–Crippen MR) is 67.4 cm³/mol. The number of carbonyl (C=O) groups excluding carboxylic acids is 1. The molecule has 0 aliphatic rings. The lowest BCUT2D eigenvalue weighted by molar-refractivity contribution is -0.135. The Morgan fingerprint density at radius 3 is 2.53 bits per heavy atom. The summed E-state index contributed by atoms with van der Waals surface area (Å²) in [6, 6.07) is 4.65. The molecule has 0 heterocycles. The lowest BCUT2D eigenvalue weighted by Gasteiger charge is -2.11. The molecule has 0 aromatic heterocycles. The first-order valence-corrected chi connectivity index (χ1v) is 5.51. The van der Waals surface area contributed by atoms with E-state index in [9.17, 15) is 9.59 Å². The standard InChI is InChI=1S/C12H16N2O5/c1-18-9-4-3-8(10(5-9)19-2)6-13-12(17)14-7-11(15)16/h3-5H,6-7H2,1-2H3,(H,15,16)(H2,13,14,17). The zero-order chi connectivity index (χ0) is 14.3. The van der Waals surface area contributed by atoms with Gasteiger partial charge in [0.1, 0.15) is 18.0 Å². The molecule has 7 nitrogen and oxygen atoms in total. The number of urea groups is 1. The Labute approximate surface area is 110 Å². The molecule has 0 saturated heterocycles. The second-order valence-electron chi connectivity index (χ2n) is 3.61. The van der Waals surface area contributed by atoms with E-state index in [2.05, 4.69) is 10.6 Å². The smallest absolute Gasteiger partial charge is 0.323 e. The summed E-state index contributed by atoms with van der Waals surface area (Å²) >= 11 is 0. The summed E-state index contributed by atoms with van der Waals surface area (Å²) in [6.07, 6.45) is 0. The Morgan fingerprint density at radius 1 is 1.21 bits per heavy atom. The van der Waals surface area contributed by atoms with Gasteiger partial charge < -0.3 is 25.2 Å². The Hall–Kier alpha value is -2.44. The normalized spacial score (nSPS) is 9.58. The van der Waals surface area contributed by atoms with Crippen LogP contribution in [0.1, 0.15) is 5.56 Å². The summed E-state index contributed by atoms with van der Waals surface area (Å²) in [7, 11) is 3.06. The second kappa shape index (κ2) is 7.10. The lowest BCUT2D eigenvalue weighted by Crippen LogP contribution is -2.38. The first kappa shape index (κ1) is 14.6. The maximum atomic E-state index is 11.3. The molecular formula is C12H16N2O5. The summed E-state index contributed by atoms with van der Waals surface area (Å²) in [4.78, 5) is 21.6. The molecule has 0 spiro atoms. The third-order valence-corrected chi connectivity index (χ3v) is 2.33. The van der Waals surface area contributed by atoms with Crippen LogP contribution in [0.5, 0.6) is 11.5 Å². The van der Waals surface area contributed by atoms with Gasteiger partial charge in [-0.3, -0.25) is 4.79 Å². The van der Waals surface area contributed by atoms with E-state index >= 15 is 0 Å². The van der Waals surface area contributed by atoms with Crippen molar-refractivity contribution in [3.8, 4) is 11.5 Å². The topological polar surface area (TPSA) is 96.9 Å². The maximum Gasteiger partial charge on any atom is 0.323 e. The molecule has 0 bridgehead atoms. The fourth-order valence-corrected chi connectivity index (χ4v) is 1.39. The van der Waals surface area contributed by atoms with Gasteiger partial charge in [-0.1, -0.05) is 0 Å². The van der Waals surface area contributed by atoms with Gasteiger partial charge in [0.25, 0.3) is 0 Å². The number of ether oxygens (including phenoxy) is 2. The van der Waals surface area contributed by atoms with Crippen molar-refractivity contribution in [2.75, 3.05) is 20.8 Å². The first-order valence-electron chi connectivity index (χ1n) is 5.51. The fraction of sp³-hybridized carbons (Fsp3) is 0.333. The van der Waals surface area contributed by atoms with Gasteiger partial charge in [0, 0.05) is 18.2 Å². The van der Waals surface area contributed by atoms with Crippen molar-refractivity contribution in [2.45, 2.75) is 6.54 Å². The van der Waals surface area contributed by atoms with Crippen LogP contribution in [-0.2, 0) is 11.3 Å². The Balaban J connectivity index is 2.57. The highest BCUT2D eigenvalue weighted by atomic mass is 16.5. The van der Waals surface area contributed by atoms with Crippen molar-refractivity contribution in [3.63, 3.8) is 0 Å². The number of methoxy groups -OCH3 is 2. The van der Waals surface area contributed by atoms with Gasteiger partial charge in [-0.25, -0.2) is 4.79 Å². The maximum absolute atomic E-state index is 11.3. The number of hydrogen-bond acceptors (Lipinski definition) is 4. The minimum Gasteiger partial charge on any atom is -0.497 e. The number of carbonyl (C=O) groups is 2. The largest absolute Gasteiger partial charge is 0.497 e. The number of rotatable bonds is 6. The Bertz CT molecular complexity index is 461. The average Bonchev–Trinajstić information content (AvgIpc) is 2.42. The van der Waals surface area contributed by atoms with Crippen LogP contribution in [0.2, 0.25) is 0 Å². The average molecular weight is 268 g/mol. The summed E-state index contributed by atoms with van der Waals surface area (Å²) in [5, 5.41) is 13.1. The number of carboxylic acids is 1. The molecule has 0 saturated carbocycles. The van der Waals surface area contributed by atoms with Gasteiger partial charge in [0.2, 0.25) is 0 Å². The molecule has 19 heavy (non-hydrogen) atoms. The molecule has 1 rings (SSSR count). The summed E-state index contributed by atoms with van der Waals surface area (Å²) < 4.78 is 10.2. The number of hydrogen-bond donors (Lipinski definition) is 3. The van der Waals surface area contributed by atoms with E-state index in [1.54, 1.807) is 25.3 Å². The van der Waals surface area contributed by atoms with Gasteiger partial charge >= 0.3 is 12.0 Å². The lowest BCUT2D eigenvalue weighted by atomic mass is 10.2. The molecule has 0 aliphatic carbocycles. The second-order valence-corrected chi connectivity index (χ2v) is 3.61. The number of benzene rings is 1. The number of carboxylic acid groups (broad SMARTS) is 1. The molecule has 104 valence electrons. The quantitative estimate of drug-likeness (QED) is 0.701. The zero-order valence-corrected chi connectivity index (χ0v) is 10.7. The number of nitrogens with one attached hydrogen (secondary N) is 2. The van der Waals surface area contributed by atoms with Crippen molar-refractivity contribution in [1.82, 2.24) is 10.6 Å². The highest BCUT2D eigenvalue weighted by Gasteiger charge is 2.07. The van der Waals surface area contributed by atoms with Crippen LogP contribution < -0.4 is 20.1 Å². The van der Waals surface area contributed by atoms with Crippen molar-refractivity contribution in [2.24, 2.45) is 0 Å². The molecule has 7 heteroatoms. The summed E-state index contributed by atoms with van der Waals surface area (Å²) in [5.74, 6) is 0.131. The Morgan fingerprint density at radius 2 is 1.95 bits per heavy atom. The van der Waals surface area contributed by atoms with Gasteiger partial charge in [0.15, 0.2) is 0 Å². The van der Waals surface area contributed by atoms with E-state index in [0.717, 1.165) is 5.56 Å². The van der Waals surface area contributed by atoms with Crippen molar-refractivity contribution < 1.29 is 24.2 Å². The van der Waals surface area contributed by atoms with E-state index in [1.165, 1.54) is 7.11 Å². The van der Waals surface area contributed by atoms with Crippen LogP contribution in [0.3, 0.4) is 0 Å². The molecule has 0 fully saturated rings. The van der Waals surface area contributed by atoms with E-state index in [0.29, 0.717) is 11.5 Å². The monoisotopic (exact) mass is 268 g/mol. The minimum absolute atomic E-state index is 0.221. The van der Waals surface area contributed by atoms with E-state index < -0.39 is 18.5 Å². The SMILES string of the molecule is COc1ccc(CNC(=O)NCC(=O)O)c(OC)c1. The fourth-order valence-electron chi connectivity index (χ4n) is 1.39. The molecular weight excluding hydrogens is 252 g/mol. The molecule has 0 aliphatic heterocycles. The van der Waals surface area contributed by atoms with E-state index in [-0.39, 0.29) is 6.54 Å². The van der Waals surface area contributed by atoms with Crippen molar-refractivity contribution in [3.05, 3.63) is 23.8 Å². The molecule has 0 radical (unpaired) electrons. The third kappa shape index (κ3) is 4.74. The zero-order valence-electron chi connectivity index (χ0n) is 10.7. The third-order valence-electron chi connectivity index (χ3n) is 2.33. The molecule has 2 amide bonds. The van der Waals surface area contributed by atoms with Crippen LogP contribution in [0, 0.1) is 0 Å². The predicted octanol–water partition coefficient (Wildman–Crippen LogP) is 0.588. The van der Waals surface area contributed by atoms with Crippen molar-refractivity contribution >= 4 is 12.0 Å². The molecule has 0 unspecified atom stereocenters. The van der Waals surface area contributed by atoms with Gasteiger partial charge in [-0.2, -0.15) is 0 Å². The van der Waals surface area contributed by atoms with E-state index in [4.69, 9.17) is 14.6 Å². The van der Waals surface area contributed by atoms with Crippen LogP contribution in [0.15, 0.2) is 18.2 Å². The molecule has 1 aromatic rings. The highest BCUT2D eigenvalue weighted by Crippen LogP contribution is 2.24. The van der Waals surface area contributed by atoms with Crippen LogP contribution in [0.25, 0.3) is 0 Å². The van der Waals surface area contributed by atoms with Gasteiger partial charge in [0.05, 0.1) is 14.2 Å².